The van der Waals surface area contributed by atoms with Gasteiger partial charge in [-0.25, -0.2) is 0 Å². The molecule has 0 amide bonds. The highest BCUT2D eigenvalue weighted by Gasteiger charge is 2.36. The molecule has 4 heteroatoms. The van der Waals surface area contributed by atoms with Crippen molar-refractivity contribution in [3.8, 4) is 0 Å². The molecule has 0 bridgehead atoms. The average molecular weight is 258 g/mol. The summed E-state index contributed by atoms with van der Waals surface area (Å²) in [7, 11) is 4.13. The third-order valence-corrected chi connectivity index (χ3v) is 3.86. The van der Waals surface area contributed by atoms with Gasteiger partial charge in [0.2, 0.25) is 0 Å². The van der Waals surface area contributed by atoms with Crippen molar-refractivity contribution in [3.63, 3.8) is 0 Å². The van der Waals surface area contributed by atoms with Crippen molar-refractivity contribution in [1.29, 1.82) is 0 Å². The number of carboxylic acid groups (broad SMARTS) is 1. The largest absolute Gasteiger partial charge is 0.481 e. The second-order valence-corrected chi connectivity index (χ2v) is 5.32. The third-order valence-electron chi connectivity index (χ3n) is 3.86. The summed E-state index contributed by atoms with van der Waals surface area (Å²) in [4.78, 5) is 15.9. The first-order valence-corrected chi connectivity index (χ1v) is 7.02. The maximum Gasteiger partial charge on any atom is 0.310 e. The van der Waals surface area contributed by atoms with E-state index in [0.717, 1.165) is 26.1 Å². The minimum atomic E-state index is -0.654. The molecule has 0 atom stereocenters. The first-order chi connectivity index (χ1) is 8.41. The summed E-state index contributed by atoms with van der Waals surface area (Å²) >= 11 is 0. The maximum atomic E-state index is 11.5. The summed E-state index contributed by atoms with van der Waals surface area (Å²) in [5, 5.41) is 9.45. The summed E-state index contributed by atoms with van der Waals surface area (Å²) in [6, 6.07) is 0. The number of nitrogens with zero attached hydrogens (tertiary/aromatic N) is 2. The molecule has 0 rings (SSSR count). The molecule has 0 saturated heterocycles. The first-order valence-electron chi connectivity index (χ1n) is 7.02. The molecular weight excluding hydrogens is 228 g/mol. The second kappa shape index (κ2) is 8.48. The Morgan fingerprint density at radius 3 is 2.00 bits per heavy atom. The Kier molecular flexibility index (Phi) is 8.20. The van der Waals surface area contributed by atoms with Crippen LogP contribution < -0.4 is 0 Å². The summed E-state index contributed by atoms with van der Waals surface area (Å²) in [6.45, 7) is 9.67. The number of hydrogen-bond donors (Lipinski definition) is 1. The molecule has 0 spiro atoms. The van der Waals surface area contributed by atoms with Crippen LogP contribution in [0.3, 0.4) is 0 Å². The predicted octanol–water partition coefficient (Wildman–Crippen LogP) is 2.15. The molecule has 0 aliphatic carbocycles. The van der Waals surface area contributed by atoms with E-state index in [-0.39, 0.29) is 0 Å². The second-order valence-electron chi connectivity index (χ2n) is 5.32. The summed E-state index contributed by atoms with van der Waals surface area (Å²) < 4.78 is 0. The van der Waals surface area contributed by atoms with E-state index >= 15 is 0 Å². The Hall–Kier alpha value is -0.610. The van der Waals surface area contributed by atoms with Crippen LogP contribution in [0.4, 0.5) is 0 Å². The van der Waals surface area contributed by atoms with Crippen LogP contribution in [-0.4, -0.2) is 61.2 Å². The Balaban J connectivity index is 4.43. The monoisotopic (exact) mass is 258 g/mol. The highest BCUT2D eigenvalue weighted by atomic mass is 16.4. The van der Waals surface area contributed by atoms with Crippen molar-refractivity contribution in [2.45, 2.75) is 40.0 Å². The smallest absolute Gasteiger partial charge is 0.310 e. The number of hydrogen-bond acceptors (Lipinski definition) is 3. The zero-order chi connectivity index (χ0) is 14.2. The van der Waals surface area contributed by atoms with Crippen molar-refractivity contribution in [2.75, 3.05) is 40.3 Å². The van der Waals surface area contributed by atoms with E-state index in [9.17, 15) is 9.90 Å². The lowest BCUT2D eigenvalue weighted by atomic mass is 9.82. The highest BCUT2D eigenvalue weighted by molar-refractivity contribution is 5.74. The van der Waals surface area contributed by atoms with Crippen LogP contribution in [0.1, 0.15) is 40.0 Å². The molecule has 108 valence electrons. The van der Waals surface area contributed by atoms with E-state index < -0.39 is 11.4 Å². The van der Waals surface area contributed by atoms with Gasteiger partial charge in [0, 0.05) is 6.54 Å². The van der Waals surface area contributed by atoms with Gasteiger partial charge in [-0.2, -0.15) is 0 Å². The number of rotatable bonds is 10. The zero-order valence-electron chi connectivity index (χ0n) is 12.7. The van der Waals surface area contributed by atoms with Crippen LogP contribution in [0.2, 0.25) is 0 Å². The molecule has 0 aromatic carbocycles. The van der Waals surface area contributed by atoms with Crippen LogP contribution in [0, 0.1) is 5.41 Å². The number of carboxylic acids is 1. The van der Waals surface area contributed by atoms with Crippen molar-refractivity contribution < 1.29 is 9.90 Å². The molecular formula is C14H30N2O2. The van der Waals surface area contributed by atoms with E-state index in [4.69, 9.17) is 0 Å². The molecule has 0 aliphatic rings. The zero-order valence-corrected chi connectivity index (χ0v) is 12.7. The minimum Gasteiger partial charge on any atom is -0.481 e. The van der Waals surface area contributed by atoms with Crippen molar-refractivity contribution in [3.05, 3.63) is 0 Å². The molecule has 18 heavy (non-hydrogen) atoms. The fraction of sp³-hybridized carbons (Fsp3) is 0.929. The van der Waals surface area contributed by atoms with Gasteiger partial charge in [-0.1, -0.05) is 20.8 Å². The SMILES string of the molecule is CCN(CCCN(C)C)CC(CC)(CC)C(=O)O. The van der Waals surface area contributed by atoms with Gasteiger partial charge in [0.05, 0.1) is 5.41 Å². The van der Waals surface area contributed by atoms with E-state index in [1.54, 1.807) is 0 Å². The molecule has 0 fully saturated rings. The summed E-state index contributed by atoms with van der Waals surface area (Å²) in [6.07, 6.45) is 2.48. The molecule has 1 N–H and O–H groups in total. The van der Waals surface area contributed by atoms with Crippen LogP contribution in [0.25, 0.3) is 0 Å². The van der Waals surface area contributed by atoms with Crippen molar-refractivity contribution in [1.82, 2.24) is 9.80 Å². The molecule has 0 radical (unpaired) electrons. The summed E-state index contributed by atoms with van der Waals surface area (Å²) in [5.74, 6) is -0.654. The Labute approximate surface area is 112 Å². The normalized spacial score (nSPS) is 12.4. The minimum absolute atomic E-state index is 0.575. The molecule has 0 saturated carbocycles. The van der Waals surface area contributed by atoms with Gasteiger partial charge < -0.3 is 14.9 Å². The van der Waals surface area contributed by atoms with Crippen LogP contribution in [-0.2, 0) is 4.79 Å². The fourth-order valence-corrected chi connectivity index (χ4v) is 2.23. The van der Waals surface area contributed by atoms with Crippen LogP contribution >= 0.6 is 0 Å². The average Bonchev–Trinajstić information content (AvgIpc) is 2.33. The Bertz CT molecular complexity index is 238. The third kappa shape index (κ3) is 5.36. The fourth-order valence-electron chi connectivity index (χ4n) is 2.23. The van der Waals surface area contributed by atoms with Gasteiger partial charge in [0.25, 0.3) is 0 Å². The van der Waals surface area contributed by atoms with Gasteiger partial charge in [-0.15, -0.1) is 0 Å². The van der Waals surface area contributed by atoms with Gasteiger partial charge in [-0.05, 0) is 53.0 Å². The first kappa shape index (κ1) is 17.4. The topological polar surface area (TPSA) is 43.8 Å². The number of carbonyl (C=O) groups is 1. The van der Waals surface area contributed by atoms with Crippen LogP contribution in [0.5, 0.6) is 0 Å². The lowest BCUT2D eigenvalue weighted by Gasteiger charge is -2.33. The standard InChI is InChI=1S/C14H30N2O2/c1-6-14(7-2,13(17)18)12-16(8-3)11-9-10-15(4)5/h6-12H2,1-5H3,(H,17,18). The molecule has 0 aromatic rings. The van der Waals surface area contributed by atoms with E-state index in [1.165, 1.54) is 0 Å². The number of aliphatic carboxylic acids is 1. The van der Waals surface area contributed by atoms with E-state index in [0.29, 0.717) is 19.4 Å². The summed E-state index contributed by atoms with van der Waals surface area (Å²) in [5.41, 5.74) is -0.575. The lowest BCUT2D eigenvalue weighted by molar-refractivity contribution is -0.150. The maximum absolute atomic E-state index is 11.5. The van der Waals surface area contributed by atoms with E-state index in [1.807, 2.05) is 13.8 Å². The Morgan fingerprint density at radius 2 is 1.67 bits per heavy atom. The highest BCUT2D eigenvalue weighted by Crippen LogP contribution is 2.28. The molecule has 0 aliphatic heterocycles. The van der Waals surface area contributed by atoms with Gasteiger partial charge in [0.15, 0.2) is 0 Å². The molecule has 0 aromatic heterocycles. The van der Waals surface area contributed by atoms with Crippen LogP contribution in [0.15, 0.2) is 0 Å². The molecule has 0 unspecified atom stereocenters. The van der Waals surface area contributed by atoms with Crippen molar-refractivity contribution >= 4 is 5.97 Å². The van der Waals surface area contributed by atoms with Crippen molar-refractivity contribution in [2.24, 2.45) is 5.41 Å². The van der Waals surface area contributed by atoms with Gasteiger partial charge >= 0.3 is 5.97 Å². The Morgan fingerprint density at radius 1 is 1.11 bits per heavy atom. The molecule has 4 nitrogen and oxygen atoms in total. The van der Waals surface area contributed by atoms with Gasteiger partial charge in [0.1, 0.15) is 0 Å². The predicted molar refractivity (Wildman–Crippen MR) is 75.9 cm³/mol. The van der Waals surface area contributed by atoms with Gasteiger partial charge in [-0.3, -0.25) is 4.79 Å². The lowest BCUT2D eigenvalue weighted by Crippen LogP contribution is -2.43. The quantitative estimate of drug-likeness (QED) is 0.652. The molecule has 0 heterocycles. The van der Waals surface area contributed by atoms with E-state index in [2.05, 4.69) is 30.8 Å².